The first kappa shape index (κ1) is 7.59. The molecule has 0 aliphatic carbocycles. The molecule has 0 fully saturated rings. The van der Waals surface area contributed by atoms with E-state index in [2.05, 4.69) is 10.4 Å². The van der Waals surface area contributed by atoms with E-state index in [9.17, 15) is 4.79 Å². The lowest BCUT2D eigenvalue weighted by atomic mass is 10.4. The van der Waals surface area contributed by atoms with Crippen LogP contribution in [0.2, 0.25) is 0 Å². The van der Waals surface area contributed by atoms with Crippen LogP contribution in [0.25, 0.3) is 0 Å². The number of hydrogen-bond acceptors (Lipinski definition) is 2. The Kier molecular flexibility index (Phi) is 1.80. The highest BCUT2D eigenvalue weighted by Crippen LogP contribution is 2.11. The third-order valence-electron chi connectivity index (χ3n) is 1.48. The zero-order chi connectivity index (χ0) is 8.43. The molecular formula is C6H9N3O2. The lowest BCUT2D eigenvalue weighted by Gasteiger charge is -1.97. The lowest BCUT2D eigenvalue weighted by molar-refractivity contribution is 0.209. The number of carboxylic acid groups (broad SMARTS) is 1. The van der Waals surface area contributed by atoms with E-state index in [-0.39, 0.29) is 0 Å². The van der Waals surface area contributed by atoms with Crippen LogP contribution < -0.4 is 5.32 Å². The van der Waals surface area contributed by atoms with Gasteiger partial charge in [-0.3, -0.25) is 10.00 Å². The monoisotopic (exact) mass is 155 g/mol. The summed E-state index contributed by atoms with van der Waals surface area (Å²) < 4.78 is 1.60. The van der Waals surface area contributed by atoms with Crippen LogP contribution in [0.4, 0.5) is 10.5 Å². The second-order valence-corrected chi connectivity index (χ2v) is 2.20. The van der Waals surface area contributed by atoms with Crippen molar-refractivity contribution < 1.29 is 9.90 Å². The SMILES string of the molecule is Cc1c(NC(=O)O)cnn1C. The maximum absolute atomic E-state index is 10.2. The highest BCUT2D eigenvalue weighted by molar-refractivity contribution is 5.83. The molecule has 0 spiro atoms. The Morgan fingerprint density at radius 3 is 2.82 bits per heavy atom. The Morgan fingerprint density at radius 1 is 1.82 bits per heavy atom. The summed E-state index contributed by atoms with van der Waals surface area (Å²) in [5.74, 6) is 0. The number of aromatic nitrogens is 2. The zero-order valence-corrected chi connectivity index (χ0v) is 6.33. The molecule has 1 rings (SSSR count). The van der Waals surface area contributed by atoms with Crippen molar-refractivity contribution in [2.75, 3.05) is 5.32 Å². The fourth-order valence-electron chi connectivity index (χ4n) is 0.737. The second-order valence-electron chi connectivity index (χ2n) is 2.20. The van der Waals surface area contributed by atoms with Crippen LogP contribution in [-0.2, 0) is 7.05 Å². The van der Waals surface area contributed by atoms with E-state index < -0.39 is 6.09 Å². The van der Waals surface area contributed by atoms with Crippen molar-refractivity contribution in [3.05, 3.63) is 11.9 Å². The molecule has 1 aromatic heterocycles. The Bertz CT molecular complexity index is 279. The van der Waals surface area contributed by atoms with Crippen LogP contribution in [0, 0.1) is 6.92 Å². The normalized spacial score (nSPS) is 9.64. The molecule has 2 N–H and O–H groups in total. The summed E-state index contributed by atoms with van der Waals surface area (Å²) in [6.45, 7) is 1.79. The number of anilines is 1. The molecule has 0 unspecified atom stereocenters. The molecule has 1 amide bonds. The van der Waals surface area contributed by atoms with E-state index in [0.29, 0.717) is 5.69 Å². The van der Waals surface area contributed by atoms with E-state index in [1.165, 1.54) is 6.20 Å². The number of hydrogen-bond donors (Lipinski definition) is 2. The van der Waals surface area contributed by atoms with Crippen LogP contribution >= 0.6 is 0 Å². The largest absolute Gasteiger partial charge is 0.465 e. The third-order valence-corrected chi connectivity index (χ3v) is 1.48. The molecule has 0 bridgehead atoms. The van der Waals surface area contributed by atoms with Crippen LogP contribution in [-0.4, -0.2) is 21.0 Å². The van der Waals surface area contributed by atoms with Crippen molar-refractivity contribution in [1.29, 1.82) is 0 Å². The lowest BCUT2D eigenvalue weighted by Crippen LogP contribution is -2.07. The van der Waals surface area contributed by atoms with E-state index in [1.54, 1.807) is 18.7 Å². The van der Waals surface area contributed by atoms with Crippen LogP contribution in [0.1, 0.15) is 5.69 Å². The molecule has 11 heavy (non-hydrogen) atoms. The van der Waals surface area contributed by atoms with Crippen molar-refractivity contribution in [3.63, 3.8) is 0 Å². The van der Waals surface area contributed by atoms with Crippen molar-refractivity contribution in [2.45, 2.75) is 6.92 Å². The zero-order valence-electron chi connectivity index (χ0n) is 6.33. The van der Waals surface area contributed by atoms with Gasteiger partial charge >= 0.3 is 6.09 Å². The molecule has 0 atom stereocenters. The molecule has 1 heterocycles. The fourth-order valence-corrected chi connectivity index (χ4v) is 0.737. The Hall–Kier alpha value is -1.52. The molecule has 0 radical (unpaired) electrons. The molecule has 0 aliphatic rings. The van der Waals surface area contributed by atoms with E-state index in [4.69, 9.17) is 5.11 Å². The maximum atomic E-state index is 10.2. The number of amides is 1. The van der Waals surface area contributed by atoms with E-state index >= 15 is 0 Å². The van der Waals surface area contributed by atoms with Gasteiger partial charge in [0.1, 0.15) is 0 Å². The van der Waals surface area contributed by atoms with Crippen molar-refractivity contribution >= 4 is 11.8 Å². The van der Waals surface area contributed by atoms with Crippen molar-refractivity contribution in [2.24, 2.45) is 7.05 Å². The minimum absolute atomic E-state index is 0.528. The van der Waals surface area contributed by atoms with Crippen LogP contribution in [0.5, 0.6) is 0 Å². The molecule has 1 aromatic rings. The Labute approximate surface area is 63.6 Å². The summed E-state index contributed by atoms with van der Waals surface area (Å²) in [6, 6.07) is 0. The van der Waals surface area contributed by atoms with Gasteiger partial charge in [-0.2, -0.15) is 5.10 Å². The molecule has 5 heteroatoms. The molecule has 60 valence electrons. The minimum Gasteiger partial charge on any atom is -0.465 e. The van der Waals surface area contributed by atoms with Gasteiger partial charge in [-0.15, -0.1) is 0 Å². The minimum atomic E-state index is -1.07. The van der Waals surface area contributed by atoms with Gasteiger partial charge in [0.2, 0.25) is 0 Å². The standard InChI is InChI=1S/C6H9N3O2/c1-4-5(8-6(10)11)3-7-9(4)2/h3,8H,1-2H3,(H,10,11). The fraction of sp³-hybridized carbons (Fsp3) is 0.333. The number of nitrogens with one attached hydrogen (secondary N) is 1. The smallest absolute Gasteiger partial charge is 0.409 e. The first-order valence-corrected chi connectivity index (χ1v) is 3.10. The quantitative estimate of drug-likeness (QED) is 0.630. The van der Waals surface area contributed by atoms with Gasteiger partial charge < -0.3 is 5.11 Å². The predicted molar refractivity (Wildman–Crippen MR) is 39.6 cm³/mol. The molecule has 0 saturated carbocycles. The first-order valence-electron chi connectivity index (χ1n) is 3.10. The third kappa shape index (κ3) is 1.49. The molecule has 0 saturated heterocycles. The highest BCUT2D eigenvalue weighted by Gasteiger charge is 2.04. The predicted octanol–water partition coefficient (Wildman–Crippen LogP) is 0.818. The summed E-state index contributed by atoms with van der Waals surface area (Å²) in [5, 5.41) is 14.4. The van der Waals surface area contributed by atoms with E-state index in [0.717, 1.165) is 5.69 Å². The molecule has 5 nitrogen and oxygen atoms in total. The number of rotatable bonds is 1. The van der Waals surface area contributed by atoms with Gasteiger partial charge in [0.25, 0.3) is 0 Å². The average molecular weight is 155 g/mol. The number of carbonyl (C=O) groups is 1. The number of nitrogens with zero attached hydrogens (tertiary/aromatic N) is 2. The van der Waals surface area contributed by atoms with Crippen molar-refractivity contribution in [1.82, 2.24) is 9.78 Å². The van der Waals surface area contributed by atoms with Gasteiger partial charge in [0.15, 0.2) is 0 Å². The van der Waals surface area contributed by atoms with Gasteiger partial charge in [-0.1, -0.05) is 0 Å². The Morgan fingerprint density at radius 2 is 2.45 bits per heavy atom. The average Bonchev–Trinajstić information content (AvgIpc) is 2.18. The summed E-state index contributed by atoms with van der Waals surface area (Å²) >= 11 is 0. The van der Waals surface area contributed by atoms with Crippen LogP contribution in [0.3, 0.4) is 0 Å². The summed E-state index contributed by atoms with van der Waals surface area (Å²) in [6.07, 6.45) is 0.407. The number of aryl methyl sites for hydroxylation is 1. The maximum Gasteiger partial charge on any atom is 0.409 e. The molecule has 0 aliphatic heterocycles. The van der Waals surface area contributed by atoms with Crippen LogP contribution in [0.15, 0.2) is 6.20 Å². The second kappa shape index (κ2) is 2.61. The van der Waals surface area contributed by atoms with Crippen molar-refractivity contribution in [3.8, 4) is 0 Å². The van der Waals surface area contributed by atoms with Gasteiger partial charge in [-0.25, -0.2) is 4.79 Å². The summed E-state index contributed by atoms with van der Waals surface area (Å²) in [5.41, 5.74) is 1.33. The van der Waals surface area contributed by atoms with Gasteiger partial charge in [0, 0.05) is 7.05 Å². The Balaban J connectivity index is 2.87. The first-order chi connectivity index (χ1) is 5.11. The summed E-state index contributed by atoms with van der Waals surface area (Å²) in [4.78, 5) is 10.2. The molecular weight excluding hydrogens is 146 g/mol. The highest BCUT2D eigenvalue weighted by atomic mass is 16.4. The van der Waals surface area contributed by atoms with Gasteiger partial charge in [0.05, 0.1) is 17.6 Å². The van der Waals surface area contributed by atoms with E-state index in [1.807, 2.05) is 0 Å². The summed E-state index contributed by atoms with van der Waals surface area (Å²) in [7, 11) is 1.75. The topological polar surface area (TPSA) is 67.2 Å². The molecule has 0 aromatic carbocycles. The van der Waals surface area contributed by atoms with Gasteiger partial charge in [-0.05, 0) is 6.92 Å².